The van der Waals surface area contributed by atoms with Gasteiger partial charge in [0.1, 0.15) is 0 Å². The minimum Gasteiger partial charge on any atom is -0.393 e. The number of rotatable bonds is 20. The summed E-state index contributed by atoms with van der Waals surface area (Å²) in [6.45, 7) is 14.4. The van der Waals surface area contributed by atoms with E-state index in [2.05, 4.69) is 38.1 Å². The molecule has 3 heteroatoms. The Bertz CT molecular complexity index is 515. The third-order valence-corrected chi connectivity index (χ3v) is 6.68. The predicted octanol–water partition coefficient (Wildman–Crippen LogP) is 7.61. The number of hydrogen-bond donors (Lipinski definition) is 1. The van der Waals surface area contributed by atoms with E-state index in [0.29, 0.717) is 6.61 Å². The van der Waals surface area contributed by atoms with Crippen LogP contribution < -0.4 is 0 Å². The van der Waals surface area contributed by atoms with Crippen LogP contribution >= 0.6 is 0 Å². The van der Waals surface area contributed by atoms with E-state index in [4.69, 9.17) is 4.74 Å². The smallest absolute Gasteiger partial charge is 0.0577 e. The monoisotopic (exact) mass is 447 g/mol. The lowest BCUT2D eigenvalue weighted by molar-refractivity contribution is 0.133. The van der Waals surface area contributed by atoms with Crippen molar-refractivity contribution in [1.82, 2.24) is 4.90 Å². The standard InChI is InChI=1S/C29H53NO2/c1-5-6-7-8-9-10-11-12-16-29(31)25-27(3)20-24-32-23-19-26(2)14-13-15-28-17-21-30(4)22-18-28/h15,29,31H,2-3,5-14,16-25H2,1,4H3. The van der Waals surface area contributed by atoms with Gasteiger partial charge in [-0.15, -0.1) is 0 Å². The fraction of sp³-hybridized carbons (Fsp3) is 0.793. The van der Waals surface area contributed by atoms with E-state index in [1.807, 2.05) is 0 Å². The maximum Gasteiger partial charge on any atom is 0.0577 e. The zero-order chi connectivity index (χ0) is 23.4. The van der Waals surface area contributed by atoms with Gasteiger partial charge in [-0.25, -0.2) is 0 Å². The molecule has 1 aliphatic heterocycles. The largest absolute Gasteiger partial charge is 0.393 e. The van der Waals surface area contributed by atoms with Gasteiger partial charge in [-0.3, -0.25) is 0 Å². The Morgan fingerprint density at radius 1 is 0.938 bits per heavy atom. The third kappa shape index (κ3) is 16.7. The lowest BCUT2D eigenvalue weighted by Crippen LogP contribution is -2.26. The van der Waals surface area contributed by atoms with Gasteiger partial charge < -0.3 is 14.7 Å². The van der Waals surface area contributed by atoms with Gasteiger partial charge in [-0.1, -0.05) is 94.2 Å². The second-order valence-corrected chi connectivity index (χ2v) is 9.94. The number of ether oxygens (including phenoxy) is 1. The summed E-state index contributed by atoms with van der Waals surface area (Å²) in [5.74, 6) is 0. The summed E-state index contributed by atoms with van der Waals surface area (Å²) >= 11 is 0. The Hall–Kier alpha value is -0.900. The highest BCUT2D eigenvalue weighted by Crippen LogP contribution is 2.18. The minimum absolute atomic E-state index is 0.235. The number of aliphatic hydroxyl groups excluding tert-OH is 1. The van der Waals surface area contributed by atoms with E-state index in [1.165, 1.54) is 76.5 Å². The summed E-state index contributed by atoms with van der Waals surface area (Å²) in [7, 11) is 2.20. The molecule has 1 rings (SSSR count). The highest BCUT2D eigenvalue weighted by molar-refractivity contribution is 5.07. The predicted molar refractivity (Wildman–Crippen MR) is 140 cm³/mol. The van der Waals surface area contributed by atoms with Crippen molar-refractivity contribution in [1.29, 1.82) is 0 Å². The lowest BCUT2D eigenvalue weighted by Gasteiger charge is -2.24. The number of likely N-dealkylation sites (tertiary alicyclic amines) is 1. The quantitative estimate of drug-likeness (QED) is 0.154. The fourth-order valence-electron chi connectivity index (χ4n) is 4.30. The van der Waals surface area contributed by atoms with Crippen LogP contribution in [0.4, 0.5) is 0 Å². The maximum atomic E-state index is 10.2. The normalized spacial score (nSPS) is 15.7. The molecule has 0 aromatic carbocycles. The van der Waals surface area contributed by atoms with Gasteiger partial charge in [-0.2, -0.15) is 0 Å². The summed E-state index contributed by atoms with van der Waals surface area (Å²) in [4.78, 5) is 2.40. The molecular weight excluding hydrogens is 394 g/mol. The summed E-state index contributed by atoms with van der Waals surface area (Å²) in [5.41, 5.74) is 4.02. The van der Waals surface area contributed by atoms with E-state index < -0.39 is 0 Å². The van der Waals surface area contributed by atoms with Crippen molar-refractivity contribution in [2.45, 2.75) is 116 Å². The molecule has 1 unspecified atom stereocenters. The van der Waals surface area contributed by atoms with Crippen LogP contribution in [0.5, 0.6) is 0 Å². The fourth-order valence-corrected chi connectivity index (χ4v) is 4.30. The summed E-state index contributed by atoms with van der Waals surface area (Å²) in [5, 5.41) is 10.2. The number of hydrogen-bond acceptors (Lipinski definition) is 3. The van der Waals surface area contributed by atoms with Crippen LogP contribution in [-0.2, 0) is 4.74 Å². The van der Waals surface area contributed by atoms with Gasteiger partial charge in [0.2, 0.25) is 0 Å². The van der Waals surface area contributed by atoms with Crippen LogP contribution in [0.1, 0.15) is 110 Å². The number of aliphatic hydroxyl groups is 1. The van der Waals surface area contributed by atoms with Crippen LogP contribution in [0.3, 0.4) is 0 Å². The van der Waals surface area contributed by atoms with Gasteiger partial charge in [0.15, 0.2) is 0 Å². The molecule has 1 heterocycles. The molecule has 0 spiro atoms. The first kappa shape index (κ1) is 29.1. The van der Waals surface area contributed by atoms with Crippen molar-refractivity contribution in [3.63, 3.8) is 0 Å². The van der Waals surface area contributed by atoms with E-state index >= 15 is 0 Å². The number of unbranched alkanes of at least 4 members (excludes halogenated alkanes) is 7. The Balaban J connectivity index is 1.92. The van der Waals surface area contributed by atoms with Gasteiger partial charge in [0.25, 0.3) is 0 Å². The SMILES string of the molecule is C=C(CCC=C1CCN(C)CC1)CCOCCC(=C)CC(O)CCCCCCCCCC. The second-order valence-electron chi connectivity index (χ2n) is 9.94. The summed E-state index contributed by atoms with van der Waals surface area (Å²) < 4.78 is 5.79. The van der Waals surface area contributed by atoms with Crippen molar-refractivity contribution in [3.8, 4) is 0 Å². The Labute approximate surface area is 200 Å². The molecule has 1 aliphatic rings. The van der Waals surface area contributed by atoms with Crippen LogP contribution in [0.2, 0.25) is 0 Å². The first-order valence-electron chi connectivity index (χ1n) is 13.5. The molecule has 1 N–H and O–H groups in total. The molecule has 186 valence electrons. The van der Waals surface area contributed by atoms with Crippen LogP contribution in [0.25, 0.3) is 0 Å². The van der Waals surface area contributed by atoms with Crippen LogP contribution in [-0.4, -0.2) is 49.5 Å². The van der Waals surface area contributed by atoms with Gasteiger partial charge >= 0.3 is 0 Å². The Morgan fingerprint density at radius 3 is 2.19 bits per heavy atom. The molecule has 0 saturated carbocycles. The first-order chi connectivity index (χ1) is 15.5. The number of nitrogens with zero attached hydrogens (tertiary/aromatic N) is 1. The first-order valence-corrected chi connectivity index (χ1v) is 13.5. The molecule has 3 nitrogen and oxygen atoms in total. The Morgan fingerprint density at radius 2 is 1.53 bits per heavy atom. The second kappa shape index (κ2) is 19.6. The third-order valence-electron chi connectivity index (χ3n) is 6.68. The molecule has 0 aliphatic carbocycles. The molecule has 0 amide bonds. The summed E-state index contributed by atoms with van der Waals surface area (Å²) in [6, 6.07) is 0. The molecule has 0 radical (unpaired) electrons. The average molecular weight is 448 g/mol. The van der Waals surface area contributed by atoms with E-state index in [0.717, 1.165) is 57.1 Å². The molecule has 0 aromatic rings. The van der Waals surface area contributed by atoms with Gasteiger partial charge in [0, 0.05) is 13.1 Å². The highest BCUT2D eigenvalue weighted by Gasteiger charge is 2.09. The molecule has 0 bridgehead atoms. The number of piperidine rings is 1. The molecule has 1 atom stereocenters. The van der Waals surface area contributed by atoms with Crippen molar-refractivity contribution in [3.05, 3.63) is 36.0 Å². The molecular formula is C29H53NO2. The molecule has 0 aromatic heterocycles. The van der Waals surface area contributed by atoms with E-state index in [-0.39, 0.29) is 6.10 Å². The minimum atomic E-state index is -0.235. The van der Waals surface area contributed by atoms with Crippen molar-refractivity contribution < 1.29 is 9.84 Å². The van der Waals surface area contributed by atoms with Gasteiger partial charge in [-0.05, 0) is 58.4 Å². The van der Waals surface area contributed by atoms with Gasteiger partial charge in [0.05, 0.1) is 19.3 Å². The van der Waals surface area contributed by atoms with Crippen molar-refractivity contribution in [2.24, 2.45) is 0 Å². The summed E-state index contributed by atoms with van der Waals surface area (Å²) in [6.07, 6.45) is 20.7. The topological polar surface area (TPSA) is 32.7 Å². The van der Waals surface area contributed by atoms with Crippen LogP contribution in [0, 0.1) is 0 Å². The van der Waals surface area contributed by atoms with E-state index in [1.54, 1.807) is 5.57 Å². The van der Waals surface area contributed by atoms with Crippen LogP contribution in [0.15, 0.2) is 36.0 Å². The molecule has 32 heavy (non-hydrogen) atoms. The number of allylic oxidation sites excluding steroid dienone is 1. The zero-order valence-corrected chi connectivity index (χ0v) is 21.5. The molecule has 1 saturated heterocycles. The van der Waals surface area contributed by atoms with Crippen molar-refractivity contribution >= 4 is 0 Å². The molecule has 1 fully saturated rings. The Kier molecular flexibility index (Phi) is 17.8. The lowest BCUT2D eigenvalue weighted by atomic mass is 10.0. The van der Waals surface area contributed by atoms with E-state index in [9.17, 15) is 5.11 Å². The highest BCUT2D eigenvalue weighted by atomic mass is 16.5. The zero-order valence-electron chi connectivity index (χ0n) is 21.5. The van der Waals surface area contributed by atoms with Crippen molar-refractivity contribution in [2.75, 3.05) is 33.4 Å². The maximum absolute atomic E-state index is 10.2. The average Bonchev–Trinajstić information content (AvgIpc) is 2.76.